The molecule has 3 N–H and O–H groups in total. The third-order valence-corrected chi connectivity index (χ3v) is 7.26. The average Bonchev–Trinajstić information content (AvgIpc) is 2.97. The molecule has 2 aliphatic rings. The molecule has 0 spiro atoms. The Hall–Kier alpha value is -3.35. The molecule has 2 aromatic rings. The minimum atomic E-state index is -1.17. The van der Waals surface area contributed by atoms with E-state index in [0.29, 0.717) is 19.3 Å². The SMILES string of the molecule is CC(CCC(=O)NC1(C(=O)O)CCCCCC1)NC(=O)OCC1c2ccccc2-c2ccccc21. The average molecular weight is 479 g/mol. The van der Waals surface area contributed by atoms with Gasteiger partial charge >= 0.3 is 12.1 Å². The third kappa shape index (κ3) is 5.66. The molecule has 7 nitrogen and oxygen atoms in total. The molecule has 1 atom stereocenters. The number of carbonyl (C=O) groups excluding carboxylic acids is 2. The molecular formula is C28H34N2O5. The number of amides is 2. The molecule has 2 amide bonds. The maximum absolute atomic E-state index is 12.5. The van der Waals surface area contributed by atoms with Crippen molar-refractivity contribution >= 4 is 18.0 Å². The molecule has 0 heterocycles. The maximum atomic E-state index is 12.5. The van der Waals surface area contributed by atoms with Gasteiger partial charge in [0.05, 0.1) is 0 Å². The number of nitrogens with one attached hydrogen (secondary N) is 2. The fraction of sp³-hybridized carbons (Fsp3) is 0.464. The molecule has 0 radical (unpaired) electrons. The van der Waals surface area contributed by atoms with Crippen molar-refractivity contribution in [2.45, 2.75) is 75.8 Å². The lowest BCUT2D eigenvalue weighted by molar-refractivity contribution is -0.148. The molecule has 0 aromatic heterocycles. The smallest absolute Gasteiger partial charge is 0.407 e. The van der Waals surface area contributed by atoms with Gasteiger partial charge < -0.3 is 20.5 Å². The predicted octanol–water partition coefficient (Wildman–Crippen LogP) is 4.99. The normalized spacial score (nSPS) is 17.4. The number of rotatable bonds is 8. The number of hydrogen-bond acceptors (Lipinski definition) is 4. The summed E-state index contributed by atoms with van der Waals surface area (Å²) >= 11 is 0. The number of carboxylic acid groups (broad SMARTS) is 1. The van der Waals surface area contributed by atoms with E-state index in [2.05, 4.69) is 34.9 Å². The van der Waals surface area contributed by atoms with Crippen LogP contribution in [0.5, 0.6) is 0 Å². The number of carboxylic acids is 1. The molecule has 0 aliphatic heterocycles. The van der Waals surface area contributed by atoms with Crippen molar-refractivity contribution in [1.29, 1.82) is 0 Å². The minimum absolute atomic E-state index is 0.0129. The first-order valence-electron chi connectivity index (χ1n) is 12.6. The predicted molar refractivity (Wildman–Crippen MR) is 133 cm³/mol. The number of hydrogen-bond donors (Lipinski definition) is 3. The van der Waals surface area contributed by atoms with Gasteiger partial charge in [-0.2, -0.15) is 0 Å². The van der Waals surface area contributed by atoms with Gasteiger partial charge in [0, 0.05) is 18.4 Å². The molecular weight excluding hydrogens is 444 g/mol. The summed E-state index contributed by atoms with van der Waals surface area (Å²) < 4.78 is 5.57. The minimum Gasteiger partial charge on any atom is -0.480 e. The largest absolute Gasteiger partial charge is 0.480 e. The molecule has 2 aromatic carbocycles. The second kappa shape index (κ2) is 10.9. The quantitative estimate of drug-likeness (QED) is 0.464. The number of fused-ring (bicyclic) bond motifs is 3. The van der Waals surface area contributed by atoms with Gasteiger partial charge in [0.2, 0.25) is 5.91 Å². The standard InChI is InChI=1S/C28H34N2O5/c1-19(14-15-25(31)30-28(26(32)33)16-8-2-3-9-17-28)29-27(34)35-18-24-22-12-6-4-10-20(22)21-11-5-7-13-23(21)24/h4-7,10-13,19,24H,2-3,8-9,14-18H2,1H3,(H,29,34)(H,30,31)(H,32,33). The van der Waals surface area contributed by atoms with Crippen molar-refractivity contribution in [3.05, 3.63) is 59.7 Å². The number of alkyl carbamates (subject to hydrolysis) is 1. The Labute approximate surface area is 206 Å². The summed E-state index contributed by atoms with van der Waals surface area (Å²) in [5, 5.41) is 15.3. The Morgan fingerprint density at radius 3 is 2.11 bits per heavy atom. The van der Waals surface area contributed by atoms with Crippen LogP contribution in [0.25, 0.3) is 11.1 Å². The lowest BCUT2D eigenvalue weighted by Crippen LogP contribution is -2.54. The van der Waals surface area contributed by atoms with Gasteiger partial charge in [-0.3, -0.25) is 4.79 Å². The summed E-state index contributed by atoms with van der Waals surface area (Å²) in [5.41, 5.74) is 3.47. The van der Waals surface area contributed by atoms with Crippen LogP contribution >= 0.6 is 0 Å². The van der Waals surface area contributed by atoms with Gasteiger partial charge in [0.25, 0.3) is 0 Å². The summed E-state index contributed by atoms with van der Waals surface area (Å²) in [7, 11) is 0. The monoisotopic (exact) mass is 478 g/mol. The third-order valence-electron chi connectivity index (χ3n) is 7.26. The van der Waals surface area contributed by atoms with Gasteiger partial charge in [-0.25, -0.2) is 9.59 Å². The number of aliphatic carboxylic acids is 1. The van der Waals surface area contributed by atoms with E-state index in [4.69, 9.17) is 4.74 Å². The fourth-order valence-corrected chi connectivity index (χ4v) is 5.31. The number of carbonyl (C=O) groups is 3. The van der Waals surface area contributed by atoms with Gasteiger partial charge in [-0.15, -0.1) is 0 Å². The van der Waals surface area contributed by atoms with Crippen LogP contribution < -0.4 is 10.6 Å². The zero-order chi connectivity index (χ0) is 24.8. The van der Waals surface area contributed by atoms with Gasteiger partial charge in [-0.1, -0.05) is 74.2 Å². The summed E-state index contributed by atoms with van der Waals surface area (Å²) in [5.74, 6) is -1.27. The van der Waals surface area contributed by atoms with Gasteiger partial charge in [0.15, 0.2) is 0 Å². The Morgan fingerprint density at radius 2 is 1.54 bits per heavy atom. The highest BCUT2D eigenvalue weighted by Gasteiger charge is 2.40. The van der Waals surface area contributed by atoms with E-state index in [1.807, 2.05) is 31.2 Å². The van der Waals surface area contributed by atoms with Crippen LogP contribution in [0.2, 0.25) is 0 Å². The van der Waals surface area contributed by atoms with Crippen molar-refractivity contribution in [2.75, 3.05) is 6.61 Å². The molecule has 1 fully saturated rings. The lowest BCUT2D eigenvalue weighted by atomic mass is 9.90. The first-order chi connectivity index (χ1) is 16.9. The molecule has 0 bridgehead atoms. The Bertz CT molecular complexity index is 1030. The summed E-state index contributed by atoms with van der Waals surface area (Å²) in [4.78, 5) is 36.9. The molecule has 2 aliphatic carbocycles. The van der Waals surface area contributed by atoms with Crippen LogP contribution in [0.1, 0.15) is 75.3 Å². The highest BCUT2D eigenvalue weighted by molar-refractivity contribution is 5.87. The zero-order valence-corrected chi connectivity index (χ0v) is 20.2. The van der Waals surface area contributed by atoms with E-state index in [1.165, 1.54) is 11.1 Å². The second-order valence-electron chi connectivity index (χ2n) is 9.76. The Balaban J connectivity index is 1.26. The van der Waals surface area contributed by atoms with Crippen molar-refractivity contribution in [1.82, 2.24) is 10.6 Å². The summed E-state index contributed by atoms with van der Waals surface area (Å²) in [6.45, 7) is 2.04. The van der Waals surface area contributed by atoms with E-state index in [0.717, 1.165) is 36.8 Å². The van der Waals surface area contributed by atoms with Crippen molar-refractivity contribution in [3.63, 3.8) is 0 Å². The van der Waals surface area contributed by atoms with E-state index in [9.17, 15) is 19.5 Å². The Kier molecular flexibility index (Phi) is 7.73. The second-order valence-corrected chi connectivity index (χ2v) is 9.76. The van der Waals surface area contributed by atoms with Crippen LogP contribution in [0.3, 0.4) is 0 Å². The Morgan fingerprint density at radius 1 is 0.971 bits per heavy atom. The van der Waals surface area contributed by atoms with Crippen LogP contribution in [-0.2, 0) is 14.3 Å². The van der Waals surface area contributed by atoms with Crippen molar-refractivity contribution in [2.24, 2.45) is 0 Å². The summed E-state index contributed by atoms with van der Waals surface area (Å²) in [6, 6.07) is 16.0. The molecule has 4 rings (SSSR count). The van der Waals surface area contributed by atoms with Gasteiger partial charge in [-0.05, 0) is 48.4 Å². The highest BCUT2D eigenvalue weighted by Crippen LogP contribution is 2.44. The number of benzene rings is 2. The molecule has 1 saturated carbocycles. The van der Waals surface area contributed by atoms with Crippen molar-refractivity contribution in [3.8, 4) is 11.1 Å². The zero-order valence-electron chi connectivity index (χ0n) is 20.2. The fourth-order valence-electron chi connectivity index (χ4n) is 5.31. The first kappa shape index (κ1) is 24.8. The molecule has 1 unspecified atom stereocenters. The lowest BCUT2D eigenvalue weighted by Gasteiger charge is -2.29. The first-order valence-corrected chi connectivity index (χ1v) is 12.6. The molecule has 186 valence electrons. The maximum Gasteiger partial charge on any atom is 0.407 e. The van der Waals surface area contributed by atoms with Crippen LogP contribution in [0.15, 0.2) is 48.5 Å². The van der Waals surface area contributed by atoms with E-state index in [1.54, 1.807) is 0 Å². The highest BCUT2D eigenvalue weighted by atomic mass is 16.5. The topological polar surface area (TPSA) is 105 Å². The van der Waals surface area contributed by atoms with E-state index in [-0.39, 0.29) is 30.9 Å². The van der Waals surface area contributed by atoms with Crippen molar-refractivity contribution < 1.29 is 24.2 Å². The van der Waals surface area contributed by atoms with Crippen LogP contribution in [0.4, 0.5) is 4.79 Å². The van der Waals surface area contributed by atoms with E-state index >= 15 is 0 Å². The molecule has 0 saturated heterocycles. The van der Waals surface area contributed by atoms with Crippen LogP contribution in [-0.4, -0.2) is 41.3 Å². The van der Waals surface area contributed by atoms with Crippen LogP contribution in [0, 0.1) is 0 Å². The van der Waals surface area contributed by atoms with E-state index < -0.39 is 17.6 Å². The summed E-state index contributed by atoms with van der Waals surface area (Å²) in [6.07, 6.45) is 4.51. The number of ether oxygens (including phenoxy) is 1. The molecule has 35 heavy (non-hydrogen) atoms. The molecule has 7 heteroatoms. The van der Waals surface area contributed by atoms with Gasteiger partial charge in [0.1, 0.15) is 12.1 Å².